The Hall–Kier alpha value is -0.970. The van der Waals surface area contributed by atoms with Crippen LogP contribution in [-0.4, -0.2) is 32.0 Å². The van der Waals surface area contributed by atoms with Crippen molar-refractivity contribution in [3.8, 4) is 11.5 Å². The Balaban J connectivity index is 2.79. The first kappa shape index (κ1) is 14.1. The van der Waals surface area contributed by atoms with Crippen LogP contribution in [0.25, 0.3) is 0 Å². The number of hydrogen-bond donors (Lipinski definition) is 1. The average Bonchev–Trinajstić information content (AvgIpc) is 2.35. The number of aliphatic hydroxyl groups is 1. The summed E-state index contributed by atoms with van der Waals surface area (Å²) in [5, 5.41) is 9.74. The van der Waals surface area contributed by atoms with Crippen molar-refractivity contribution < 1.29 is 19.3 Å². The van der Waals surface area contributed by atoms with Crippen LogP contribution < -0.4 is 9.47 Å². The molecule has 96 valence electrons. The Morgan fingerprint density at radius 1 is 1.29 bits per heavy atom. The van der Waals surface area contributed by atoms with Gasteiger partial charge < -0.3 is 19.3 Å². The van der Waals surface area contributed by atoms with Crippen LogP contribution in [0.1, 0.15) is 12.5 Å². The fourth-order valence-electron chi connectivity index (χ4n) is 1.40. The maximum absolute atomic E-state index is 9.24. The summed E-state index contributed by atoms with van der Waals surface area (Å²) in [6.07, 6.45) is 0. The predicted molar refractivity (Wildman–Crippen MR) is 65.9 cm³/mol. The minimum atomic E-state index is -0.152. The number of aliphatic hydroxyl groups excluding tert-OH is 1. The standard InChI is InChI=1S/C12H17ClO4/c1-3-16-4-5-17-12-9(8-14)6-10(13)7-11(12)15-2/h6-7,14H,3-5,8H2,1-2H3. The first-order chi connectivity index (χ1) is 8.22. The van der Waals surface area contributed by atoms with E-state index in [1.54, 1.807) is 12.1 Å². The van der Waals surface area contributed by atoms with E-state index >= 15 is 0 Å². The van der Waals surface area contributed by atoms with Gasteiger partial charge in [-0.25, -0.2) is 0 Å². The molecule has 0 atom stereocenters. The summed E-state index contributed by atoms with van der Waals surface area (Å²) < 4.78 is 15.9. The second kappa shape index (κ2) is 7.37. The van der Waals surface area contributed by atoms with E-state index < -0.39 is 0 Å². The predicted octanol–water partition coefficient (Wildman–Crippen LogP) is 2.26. The Kier molecular flexibility index (Phi) is 6.11. The molecule has 0 heterocycles. The molecule has 5 heteroatoms. The highest BCUT2D eigenvalue weighted by Crippen LogP contribution is 2.34. The SMILES string of the molecule is CCOCCOc1c(CO)cc(Cl)cc1OC. The molecule has 1 rings (SSSR count). The van der Waals surface area contributed by atoms with Gasteiger partial charge in [0.15, 0.2) is 11.5 Å². The Morgan fingerprint density at radius 2 is 2.06 bits per heavy atom. The van der Waals surface area contributed by atoms with Crippen molar-refractivity contribution >= 4 is 11.6 Å². The minimum absolute atomic E-state index is 0.152. The molecule has 17 heavy (non-hydrogen) atoms. The van der Waals surface area contributed by atoms with E-state index in [-0.39, 0.29) is 6.61 Å². The summed E-state index contributed by atoms with van der Waals surface area (Å²) in [7, 11) is 1.53. The smallest absolute Gasteiger partial charge is 0.166 e. The number of rotatable bonds is 7. The first-order valence-electron chi connectivity index (χ1n) is 5.40. The van der Waals surface area contributed by atoms with Gasteiger partial charge in [0.25, 0.3) is 0 Å². The summed E-state index contributed by atoms with van der Waals surface area (Å²) in [6, 6.07) is 3.30. The van der Waals surface area contributed by atoms with Crippen LogP contribution in [0.4, 0.5) is 0 Å². The van der Waals surface area contributed by atoms with Gasteiger partial charge in [-0.2, -0.15) is 0 Å². The Morgan fingerprint density at radius 3 is 2.65 bits per heavy atom. The van der Waals surface area contributed by atoms with Gasteiger partial charge in [0.1, 0.15) is 6.61 Å². The molecule has 0 radical (unpaired) electrons. The molecule has 0 spiro atoms. The molecular weight excluding hydrogens is 244 g/mol. The molecule has 4 nitrogen and oxygen atoms in total. The lowest BCUT2D eigenvalue weighted by Gasteiger charge is -2.14. The van der Waals surface area contributed by atoms with E-state index in [9.17, 15) is 5.11 Å². The molecule has 0 fully saturated rings. The van der Waals surface area contributed by atoms with Gasteiger partial charge >= 0.3 is 0 Å². The molecule has 0 bridgehead atoms. The fraction of sp³-hybridized carbons (Fsp3) is 0.500. The highest BCUT2D eigenvalue weighted by atomic mass is 35.5. The highest BCUT2D eigenvalue weighted by molar-refractivity contribution is 6.30. The zero-order valence-corrected chi connectivity index (χ0v) is 10.8. The zero-order valence-electron chi connectivity index (χ0n) is 10.0. The van der Waals surface area contributed by atoms with Gasteiger partial charge in [0.05, 0.1) is 20.3 Å². The van der Waals surface area contributed by atoms with Gasteiger partial charge in [-0.15, -0.1) is 0 Å². The van der Waals surface area contributed by atoms with Crippen molar-refractivity contribution in [2.45, 2.75) is 13.5 Å². The molecule has 0 unspecified atom stereocenters. The maximum Gasteiger partial charge on any atom is 0.166 e. The van der Waals surface area contributed by atoms with Crippen LogP contribution in [0.5, 0.6) is 11.5 Å². The van der Waals surface area contributed by atoms with Crippen LogP contribution >= 0.6 is 11.6 Å². The zero-order chi connectivity index (χ0) is 12.7. The molecule has 1 aromatic rings. The van der Waals surface area contributed by atoms with Gasteiger partial charge in [0.2, 0.25) is 0 Å². The molecule has 0 aliphatic rings. The number of benzene rings is 1. The first-order valence-corrected chi connectivity index (χ1v) is 5.78. The summed E-state index contributed by atoms with van der Waals surface area (Å²) in [6.45, 7) is 3.31. The molecule has 0 amide bonds. The van der Waals surface area contributed by atoms with E-state index in [1.165, 1.54) is 7.11 Å². The van der Waals surface area contributed by atoms with Gasteiger partial charge in [-0.05, 0) is 13.0 Å². The van der Waals surface area contributed by atoms with Crippen molar-refractivity contribution in [2.24, 2.45) is 0 Å². The van der Waals surface area contributed by atoms with Crippen molar-refractivity contribution in [2.75, 3.05) is 26.9 Å². The normalized spacial score (nSPS) is 10.4. The lowest BCUT2D eigenvalue weighted by atomic mass is 10.2. The number of ether oxygens (including phenoxy) is 3. The van der Waals surface area contributed by atoms with Gasteiger partial charge in [-0.3, -0.25) is 0 Å². The lowest BCUT2D eigenvalue weighted by Crippen LogP contribution is -2.08. The highest BCUT2D eigenvalue weighted by Gasteiger charge is 2.12. The van der Waals surface area contributed by atoms with Crippen molar-refractivity contribution in [1.82, 2.24) is 0 Å². The van der Waals surface area contributed by atoms with Gasteiger partial charge in [-0.1, -0.05) is 11.6 Å². The summed E-state index contributed by atoms with van der Waals surface area (Å²) >= 11 is 5.89. The molecule has 0 aliphatic heterocycles. The van der Waals surface area contributed by atoms with Crippen LogP contribution in [0.3, 0.4) is 0 Å². The molecule has 1 aromatic carbocycles. The fourth-order valence-corrected chi connectivity index (χ4v) is 1.63. The third kappa shape index (κ3) is 4.07. The number of halogens is 1. The lowest BCUT2D eigenvalue weighted by molar-refractivity contribution is 0.107. The minimum Gasteiger partial charge on any atom is -0.493 e. The largest absolute Gasteiger partial charge is 0.493 e. The second-order valence-electron chi connectivity index (χ2n) is 3.30. The van der Waals surface area contributed by atoms with Crippen LogP contribution in [-0.2, 0) is 11.3 Å². The maximum atomic E-state index is 9.24. The molecule has 1 N–H and O–H groups in total. The average molecular weight is 261 g/mol. The molecular formula is C12H17ClO4. The van der Waals surface area contributed by atoms with Crippen LogP contribution in [0, 0.1) is 0 Å². The Labute approximate surface area is 106 Å². The third-order valence-corrected chi connectivity index (χ3v) is 2.38. The molecule has 0 aliphatic carbocycles. The van der Waals surface area contributed by atoms with Gasteiger partial charge in [0, 0.05) is 23.3 Å². The van der Waals surface area contributed by atoms with Crippen LogP contribution in [0.2, 0.25) is 5.02 Å². The topological polar surface area (TPSA) is 47.9 Å². The van der Waals surface area contributed by atoms with Crippen molar-refractivity contribution in [1.29, 1.82) is 0 Å². The molecule has 0 aromatic heterocycles. The molecule has 0 saturated carbocycles. The van der Waals surface area contributed by atoms with Crippen molar-refractivity contribution in [3.63, 3.8) is 0 Å². The second-order valence-corrected chi connectivity index (χ2v) is 3.74. The van der Waals surface area contributed by atoms with E-state index in [2.05, 4.69) is 0 Å². The van der Waals surface area contributed by atoms with E-state index in [1.807, 2.05) is 6.92 Å². The summed E-state index contributed by atoms with van der Waals surface area (Å²) in [4.78, 5) is 0. The quantitative estimate of drug-likeness (QED) is 0.764. The van der Waals surface area contributed by atoms with E-state index in [0.717, 1.165) is 0 Å². The Bertz CT molecular complexity index is 329. The van der Waals surface area contributed by atoms with E-state index in [4.69, 9.17) is 25.8 Å². The molecule has 0 saturated heterocycles. The number of hydrogen-bond acceptors (Lipinski definition) is 4. The number of methoxy groups -OCH3 is 1. The monoisotopic (exact) mass is 260 g/mol. The van der Waals surface area contributed by atoms with Crippen LogP contribution in [0.15, 0.2) is 12.1 Å². The summed E-state index contributed by atoms with van der Waals surface area (Å²) in [5.74, 6) is 1.03. The third-order valence-electron chi connectivity index (χ3n) is 2.16. The summed E-state index contributed by atoms with van der Waals surface area (Å²) in [5.41, 5.74) is 0.603. The van der Waals surface area contributed by atoms with Crippen molar-refractivity contribution in [3.05, 3.63) is 22.7 Å². The van der Waals surface area contributed by atoms with E-state index in [0.29, 0.717) is 41.9 Å².